The number of para-hydroxylation sites is 1. The SMILES string of the molecule is CC[C@H](C)NC(=O)[C@H](Cc1ccccc1)N(Cc1cccc(OC)c1)C(=O)CN(c1ccccc1Cl)S(=O)(=O)c1ccccc1. The molecule has 0 bridgehead atoms. The van der Waals surface area contributed by atoms with Gasteiger partial charge < -0.3 is 15.0 Å². The Bertz CT molecular complexity index is 1690. The summed E-state index contributed by atoms with van der Waals surface area (Å²) in [6, 6.07) is 29.9. The predicted octanol–water partition coefficient (Wildman–Crippen LogP) is 6.10. The Morgan fingerprint density at radius 2 is 1.49 bits per heavy atom. The van der Waals surface area contributed by atoms with Gasteiger partial charge in [-0.25, -0.2) is 8.42 Å². The molecule has 0 aliphatic rings. The van der Waals surface area contributed by atoms with E-state index in [0.717, 1.165) is 9.87 Å². The van der Waals surface area contributed by atoms with Gasteiger partial charge in [0.1, 0.15) is 18.3 Å². The zero-order valence-corrected chi connectivity index (χ0v) is 27.2. The van der Waals surface area contributed by atoms with Crippen LogP contribution in [0.15, 0.2) is 114 Å². The van der Waals surface area contributed by atoms with Gasteiger partial charge in [-0.2, -0.15) is 0 Å². The van der Waals surface area contributed by atoms with Crippen molar-refractivity contribution in [2.75, 3.05) is 18.0 Å². The largest absolute Gasteiger partial charge is 0.497 e. The summed E-state index contributed by atoms with van der Waals surface area (Å²) in [7, 11) is -2.68. The van der Waals surface area contributed by atoms with Gasteiger partial charge in [-0.3, -0.25) is 13.9 Å². The Morgan fingerprint density at radius 1 is 0.867 bits per heavy atom. The molecular formula is C35H38ClN3O5S. The van der Waals surface area contributed by atoms with Crippen LogP contribution < -0.4 is 14.4 Å². The number of halogens is 1. The molecule has 0 unspecified atom stereocenters. The minimum absolute atomic E-state index is 0.00687. The Morgan fingerprint density at radius 3 is 2.13 bits per heavy atom. The minimum Gasteiger partial charge on any atom is -0.497 e. The summed E-state index contributed by atoms with van der Waals surface area (Å²) in [6.45, 7) is 3.31. The number of nitrogens with zero attached hydrogens (tertiary/aromatic N) is 2. The number of anilines is 1. The molecule has 0 aliphatic carbocycles. The highest BCUT2D eigenvalue weighted by atomic mass is 35.5. The number of rotatable bonds is 14. The van der Waals surface area contributed by atoms with Crippen molar-refractivity contribution >= 4 is 39.1 Å². The first kappa shape index (κ1) is 33.6. The van der Waals surface area contributed by atoms with E-state index >= 15 is 0 Å². The van der Waals surface area contributed by atoms with Crippen molar-refractivity contribution in [3.63, 3.8) is 0 Å². The lowest BCUT2D eigenvalue weighted by Crippen LogP contribution is -2.54. The summed E-state index contributed by atoms with van der Waals surface area (Å²) in [5, 5.41) is 3.20. The van der Waals surface area contributed by atoms with Crippen LogP contribution in [0.2, 0.25) is 5.02 Å². The smallest absolute Gasteiger partial charge is 0.264 e. The number of benzene rings is 4. The first-order chi connectivity index (χ1) is 21.6. The second-order valence-electron chi connectivity index (χ2n) is 10.7. The average Bonchev–Trinajstić information content (AvgIpc) is 3.06. The number of methoxy groups -OCH3 is 1. The lowest BCUT2D eigenvalue weighted by molar-refractivity contribution is -0.140. The van der Waals surface area contributed by atoms with Crippen LogP contribution in [0.4, 0.5) is 5.69 Å². The summed E-state index contributed by atoms with van der Waals surface area (Å²) in [5.74, 6) is -0.315. The number of hydrogen-bond donors (Lipinski definition) is 1. The van der Waals surface area contributed by atoms with Crippen LogP contribution in [0.25, 0.3) is 0 Å². The molecule has 8 nitrogen and oxygen atoms in total. The predicted molar refractivity (Wildman–Crippen MR) is 178 cm³/mol. The van der Waals surface area contributed by atoms with Gasteiger partial charge in [-0.1, -0.05) is 91.3 Å². The van der Waals surface area contributed by atoms with Gasteiger partial charge >= 0.3 is 0 Å². The van der Waals surface area contributed by atoms with Crippen molar-refractivity contribution in [3.05, 3.63) is 125 Å². The van der Waals surface area contributed by atoms with Crippen molar-refractivity contribution in [1.29, 1.82) is 0 Å². The highest BCUT2D eigenvalue weighted by Gasteiger charge is 2.35. The van der Waals surface area contributed by atoms with Gasteiger partial charge in [0.25, 0.3) is 10.0 Å². The summed E-state index contributed by atoms with van der Waals surface area (Å²) in [5.41, 5.74) is 1.72. The van der Waals surface area contributed by atoms with Gasteiger partial charge in [0.2, 0.25) is 11.8 Å². The molecule has 0 saturated heterocycles. The molecule has 4 aromatic rings. The van der Waals surface area contributed by atoms with Crippen molar-refractivity contribution < 1.29 is 22.7 Å². The average molecular weight is 648 g/mol. The molecule has 4 aromatic carbocycles. The number of ether oxygens (including phenoxy) is 1. The second kappa shape index (κ2) is 15.6. The van der Waals surface area contributed by atoms with E-state index in [1.165, 1.54) is 17.0 Å². The fraction of sp³-hybridized carbons (Fsp3) is 0.257. The van der Waals surface area contributed by atoms with Crippen LogP contribution in [-0.4, -0.2) is 50.9 Å². The van der Waals surface area contributed by atoms with E-state index < -0.39 is 28.5 Å². The molecule has 0 saturated carbocycles. The lowest BCUT2D eigenvalue weighted by Gasteiger charge is -2.34. The summed E-state index contributed by atoms with van der Waals surface area (Å²) >= 11 is 6.52. The van der Waals surface area contributed by atoms with Crippen molar-refractivity contribution in [2.24, 2.45) is 0 Å². The van der Waals surface area contributed by atoms with Crippen molar-refractivity contribution in [1.82, 2.24) is 10.2 Å². The quantitative estimate of drug-likeness (QED) is 0.179. The number of carbonyl (C=O) groups is 2. The highest BCUT2D eigenvalue weighted by Crippen LogP contribution is 2.31. The van der Waals surface area contributed by atoms with E-state index in [0.29, 0.717) is 17.7 Å². The normalized spacial score (nSPS) is 12.5. The van der Waals surface area contributed by atoms with Crippen LogP contribution in [0.1, 0.15) is 31.4 Å². The van der Waals surface area contributed by atoms with Crippen LogP contribution in [0.3, 0.4) is 0 Å². The van der Waals surface area contributed by atoms with Gasteiger partial charge in [-0.05, 0) is 60.9 Å². The fourth-order valence-electron chi connectivity index (χ4n) is 4.85. The molecule has 2 amide bonds. The van der Waals surface area contributed by atoms with Crippen LogP contribution in [0.5, 0.6) is 5.75 Å². The van der Waals surface area contributed by atoms with Gasteiger partial charge in [0, 0.05) is 19.0 Å². The molecule has 2 atom stereocenters. The maximum Gasteiger partial charge on any atom is 0.264 e. The van der Waals surface area contributed by atoms with Gasteiger partial charge in [-0.15, -0.1) is 0 Å². The monoisotopic (exact) mass is 647 g/mol. The molecule has 0 fully saturated rings. The number of nitrogens with one attached hydrogen (secondary N) is 1. The van der Waals surface area contributed by atoms with Crippen LogP contribution >= 0.6 is 11.6 Å². The number of hydrogen-bond acceptors (Lipinski definition) is 5. The summed E-state index contributed by atoms with van der Waals surface area (Å²) in [4.78, 5) is 29.9. The number of sulfonamides is 1. The maximum absolute atomic E-state index is 14.5. The molecule has 0 aromatic heterocycles. The first-order valence-electron chi connectivity index (χ1n) is 14.7. The topological polar surface area (TPSA) is 96.0 Å². The second-order valence-corrected chi connectivity index (χ2v) is 12.9. The van der Waals surface area contributed by atoms with Crippen molar-refractivity contribution in [2.45, 2.75) is 50.2 Å². The van der Waals surface area contributed by atoms with E-state index in [1.54, 1.807) is 67.8 Å². The molecule has 0 spiro atoms. The molecule has 4 rings (SSSR count). The Labute approximate surface area is 270 Å². The van der Waals surface area contributed by atoms with E-state index in [1.807, 2.05) is 50.2 Å². The standard InChI is InChI=1S/C35H38ClN3O5S/c1-4-26(2)37-35(41)33(23-27-14-7-5-8-15-27)38(24-28-16-13-17-29(22-28)44-3)34(40)25-39(32-21-12-11-20-31(32)36)45(42,43)30-18-9-6-10-19-30/h5-22,26,33H,4,23-25H2,1-3H3,(H,37,41)/t26-,33-/m0/s1. The van der Waals surface area contributed by atoms with E-state index in [4.69, 9.17) is 16.3 Å². The zero-order chi connectivity index (χ0) is 32.4. The lowest BCUT2D eigenvalue weighted by atomic mass is 10.0. The number of carbonyl (C=O) groups excluding carboxylic acids is 2. The fourth-order valence-corrected chi connectivity index (χ4v) is 6.59. The summed E-state index contributed by atoms with van der Waals surface area (Å²) < 4.78 is 34.6. The van der Waals surface area contributed by atoms with Crippen LogP contribution in [0, 0.1) is 0 Å². The van der Waals surface area contributed by atoms with Gasteiger partial charge in [0.15, 0.2) is 0 Å². The van der Waals surface area contributed by atoms with E-state index in [2.05, 4.69) is 5.32 Å². The molecule has 0 radical (unpaired) electrons. The Hall–Kier alpha value is -4.34. The molecule has 0 heterocycles. The third kappa shape index (κ3) is 8.65. The Balaban J connectivity index is 1.82. The molecule has 10 heteroatoms. The molecule has 236 valence electrons. The van der Waals surface area contributed by atoms with E-state index in [9.17, 15) is 18.0 Å². The maximum atomic E-state index is 14.5. The molecule has 0 aliphatic heterocycles. The molecule has 45 heavy (non-hydrogen) atoms. The minimum atomic E-state index is -4.24. The first-order valence-corrected chi connectivity index (χ1v) is 16.5. The van der Waals surface area contributed by atoms with E-state index in [-0.39, 0.29) is 40.5 Å². The number of amides is 2. The Kier molecular flexibility index (Phi) is 11.6. The highest BCUT2D eigenvalue weighted by molar-refractivity contribution is 7.92. The van der Waals surface area contributed by atoms with Crippen LogP contribution in [-0.2, 0) is 32.6 Å². The summed E-state index contributed by atoms with van der Waals surface area (Å²) in [6.07, 6.45) is 0.916. The molecule has 1 N–H and O–H groups in total. The third-order valence-electron chi connectivity index (χ3n) is 7.49. The molecular weight excluding hydrogens is 610 g/mol. The van der Waals surface area contributed by atoms with Crippen molar-refractivity contribution in [3.8, 4) is 5.75 Å². The van der Waals surface area contributed by atoms with Gasteiger partial charge in [0.05, 0.1) is 22.7 Å². The zero-order valence-electron chi connectivity index (χ0n) is 25.6. The third-order valence-corrected chi connectivity index (χ3v) is 9.58.